The van der Waals surface area contributed by atoms with Crippen LogP contribution in [0, 0.1) is 6.92 Å². The molecule has 4 heteroatoms. The number of aromatic amines is 1. The molecule has 0 saturated carbocycles. The Bertz CT molecular complexity index is 821. The minimum Gasteiger partial charge on any atom is -0.354 e. The van der Waals surface area contributed by atoms with E-state index in [2.05, 4.69) is 4.98 Å². The quantitative estimate of drug-likeness (QED) is 0.643. The molecule has 2 aromatic carbocycles. The second kappa shape index (κ2) is 4.97. The molecule has 3 rings (SSSR count). The van der Waals surface area contributed by atoms with E-state index in [0.717, 1.165) is 34.0 Å². The number of hydrogen-bond donors (Lipinski definition) is 1. The van der Waals surface area contributed by atoms with Crippen LogP contribution in [-0.4, -0.2) is 11.3 Å². The fourth-order valence-corrected chi connectivity index (χ4v) is 2.74. The Morgan fingerprint density at radius 3 is 2.65 bits per heavy atom. The Hall–Kier alpha value is -1.77. The van der Waals surface area contributed by atoms with Gasteiger partial charge >= 0.3 is 0 Å². The molecule has 1 aromatic heterocycles. The van der Waals surface area contributed by atoms with Crippen LogP contribution in [-0.2, 0) is 0 Å². The zero-order valence-electron chi connectivity index (χ0n) is 10.7. The lowest BCUT2D eigenvalue weighted by Crippen LogP contribution is -1.84. The first-order chi connectivity index (χ1) is 9.61. The number of fused-ring (bicyclic) bond motifs is 1. The number of aromatic nitrogens is 1. The van der Waals surface area contributed by atoms with Gasteiger partial charge in [0.25, 0.3) is 0 Å². The monoisotopic (exact) mass is 303 g/mol. The average Bonchev–Trinajstić information content (AvgIpc) is 2.82. The summed E-state index contributed by atoms with van der Waals surface area (Å²) in [6.07, 6.45) is 0.864. The summed E-state index contributed by atoms with van der Waals surface area (Å²) in [6, 6.07) is 11.1. The molecule has 20 heavy (non-hydrogen) atoms. The van der Waals surface area contributed by atoms with E-state index >= 15 is 0 Å². The topological polar surface area (TPSA) is 32.9 Å². The standard InChI is InChI=1S/C16H11Cl2NO/c1-9-14(18)6-5-12-13(8-20)16(19-15(9)12)10-3-2-4-11(17)7-10/h2-8,19H,1H3. The number of halogens is 2. The number of aryl methyl sites for hydroxylation is 1. The van der Waals surface area contributed by atoms with Gasteiger partial charge in [-0.1, -0.05) is 41.4 Å². The Balaban J connectivity index is 2.36. The Labute approximate surface area is 126 Å². The summed E-state index contributed by atoms with van der Waals surface area (Å²) in [5, 5.41) is 2.18. The van der Waals surface area contributed by atoms with Crippen molar-refractivity contribution < 1.29 is 4.79 Å². The predicted octanol–water partition coefficient (Wildman–Crippen LogP) is 5.26. The summed E-state index contributed by atoms with van der Waals surface area (Å²) >= 11 is 12.2. The van der Waals surface area contributed by atoms with Gasteiger partial charge in [0.2, 0.25) is 0 Å². The number of H-pyrrole nitrogens is 1. The van der Waals surface area contributed by atoms with E-state index in [1.54, 1.807) is 6.07 Å². The van der Waals surface area contributed by atoms with Crippen LogP contribution in [0.1, 0.15) is 15.9 Å². The van der Waals surface area contributed by atoms with E-state index in [0.29, 0.717) is 15.6 Å². The molecule has 0 aliphatic rings. The summed E-state index contributed by atoms with van der Waals surface area (Å²) in [4.78, 5) is 14.8. The first-order valence-electron chi connectivity index (χ1n) is 6.13. The lowest BCUT2D eigenvalue weighted by Gasteiger charge is -2.00. The van der Waals surface area contributed by atoms with Gasteiger partial charge in [-0.05, 0) is 30.7 Å². The van der Waals surface area contributed by atoms with Crippen molar-refractivity contribution in [2.24, 2.45) is 0 Å². The molecule has 0 saturated heterocycles. The van der Waals surface area contributed by atoms with Crippen molar-refractivity contribution in [1.29, 1.82) is 0 Å². The maximum absolute atomic E-state index is 11.5. The molecule has 0 amide bonds. The molecular weight excluding hydrogens is 293 g/mol. The molecule has 100 valence electrons. The summed E-state index contributed by atoms with van der Waals surface area (Å²) in [5.74, 6) is 0. The Morgan fingerprint density at radius 1 is 1.15 bits per heavy atom. The van der Waals surface area contributed by atoms with Gasteiger partial charge in [-0.3, -0.25) is 4.79 Å². The highest BCUT2D eigenvalue weighted by atomic mass is 35.5. The van der Waals surface area contributed by atoms with Gasteiger partial charge in [-0.25, -0.2) is 0 Å². The zero-order chi connectivity index (χ0) is 14.3. The smallest absolute Gasteiger partial charge is 0.152 e. The molecule has 1 heterocycles. The van der Waals surface area contributed by atoms with Crippen molar-refractivity contribution in [1.82, 2.24) is 4.98 Å². The van der Waals surface area contributed by atoms with E-state index in [9.17, 15) is 4.79 Å². The van der Waals surface area contributed by atoms with Crippen molar-refractivity contribution >= 4 is 40.4 Å². The highest BCUT2D eigenvalue weighted by molar-refractivity contribution is 6.32. The van der Waals surface area contributed by atoms with Crippen LogP contribution in [0.2, 0.25) is 10.0 Å². The molecule has 0 atom stereocenters. The van der Waals surface area contributed by atoms with Gasteiger partial charge in [-0.2, -0.15) is 0 Å². The third-order valence-electron chi connectivity index (χ3n) is 3.44. The van der Waals surface area contributed by atoms with E-state index < -0.39 is 0 Å². The molecule has 0 unspecified atom stereocenters. The number of carbonyl (C=O) groups is 1. The number of nitrogens with one attached hydrogen (secondary N) is 1. The SMILES string of the molecule is Cc1c(Cl)ccc2c(C=O)c(-c3cccc(Cl)c3)[nH]c12. The van der Waals surface area contributed by atoms with Crippen LogP contribution in [0.25, 0.3) is 22.2 Å². The normalized spacial score (nSPS) is 10.9. The van der Waals surface area contributed by atoms with Gasteiger partial charge in [0.15, 0.2) is 6.29 Å². The van der Waals surface area contributed by atoms with E-state index in [-0.39, 0.29) is 0 Å². The molecule has 0 fully saturated rings. The van der Waals surface area contributed by atoms with Gasteiger partial charge in [0.1, 0.15) is 0 Å². The molecule has 0 bridgehead atoms. The van der Waals surface area contributed by atoms with Crippen LogP contribution in [0.5, 0.6) is 0 Å². The van der Waals surface area contributed by atoms with Gasteiger partial charge < -0.3 is 4.98 Å². The van der Waals surface area contributed by atoms with E-state index in [1.165, 1.54) is 0 Å². The van der Waals surface area contributed by atoms with Crippen LogP contribution >= 0.6 is 23.2 Å². The Morgan fingerprint density at radius 2 is 1.95 bits per heavy atom. The fourth-order valence-electron chi connectivity index (χ4n) is 2.39. The molecule has 0 radical (unpaired) electrons. The number of aldehydes is 1. The van der Waals surface area contributed by atoms with Crippen LogP contribution in [0.15, 0.2) is 36.4 Å². The molecule has 0 aliphatic heterocycles. The van der Waals surface area contributed by atoms with Crippen molar-refractivity contribution in [2.45, 2.75) is 6.92 Å². The first kappa shape index (κ1) is 13.2. The maximum atomic E-state index is 11.5. The molecular formula is C16H11Cl2NO. The zero-order valence-corrected chi connectivity index (χ0v) is 12.2. The van der Waals surface area contributed by atoms with Gasteiger partial charge in [0.05, 0.1) is 11.2 Å². The molecule has 0 spiro atoms. The number of carbonyl (C=O) groups excluding carboxylic acids is 1. The van der Waals surface area contributed by atoms with Crippen molar-refractivity contribution in [2.75, 3.05) is 0 Å². The van der Waals surface area contributed by atoms with E-state index in [4.69, 9.17) is 23.2 Å². The average molecular weight is 304 g/mol. The molecule has 0 aliphatic carbocycles. The second-order valence-corrected chi connectivity index (χ2v) is 5.48. The van der Waals surface area contributed by atoms with Gasteiger partial charge in [0, 0.05) is 26.6 Å². The highest BCUT2D eigenvalue weighted by Gasteiger charge is 2.15. The highest BCUT2D eigenvalue weighted by Crippen LogP contribution is 2.33. The lowest BCUT2D eigenvalue weighted by molar-refractivity contribution is 0.112. The first-order valence-corrected chi connectivity index (χ1v) is 6.89. The molecule has 2 nitrogen and oxygen atoms in total. The summed E-state index contributed by atoms with van der Waals surface area (Å²) in [7, 11) is 0. The van der Waals surface area contributed by atoms with Crippen molar-refractivity contribution in [3.63, 3.8) is 0 Å². The number of hydrogen-bond acceptors (Lipinski definition) is 1. The fraction of sp³-hybridized carbons (Fsp3) is 0.0625. The number of rotatable bonds is 2. The largest absolute Gasteiger partial charge is 0.354 e. The van der Waals surface area contributed by atoms with Crippen molar-refractivity contribution in [3.05, 3.63) is 57.6 Å². The molecule has 3 aromatic rings. The van der Waals surface area contributed by atoms with E-state index in [1.807, 2.05) is 37.3 Å². The lowest BCUT2D eigenvalue weighted by atomic mass is 10.1. The van der Waals surface area contributed by atoms with Crippen LogP contribution < -0.4 is 0 Å². The van der Waals surface area contributed by atoms with Gasteiger partial charge in [-0.15, -0.1) is 0 Å². The summed E-state index contributed by atoms with van der Waals surface area (Å²) in [5.41, 5.74) is 4.09. The third-order valence-corrected chi connectivity index (χ3v) is 4.08. The maximum Gasteiger partial charge on any atom is 0.152 e. The summed E-state index contributed by atoms with van der Waals surface area (Å²) in [6.45, 7) is 1.93. The minimum atomic E-state index is 0.627. The second-order valence-electron chi connectivity index (χ2n) is 4.64. The van der Waals surface area contributed by atoms with Crippen LogP contribution in [0.3, 0.4) is 0 Å². The van der Waals surface area contributed by atoms with Crippen molar-refractivity contribution in [3.8, 4) is 11.3 Å². The minimum absolute atomic E-state index is 0.627. The third kappa shape index (κ3) is 2.01. The summed E-state index contributed by atoms with van der Waals surface area (Å²) < 4.78 is 0. The predicted molar refractivity (Wildman–Crippen MR) is 83.9 cm³/mol. The Kier molecular flexibility index (Phi) is 3.28. The van der Waals surface area contributed by atoms with Crippen LogP contribution in [0.4, 0.5) is 0 Å². The number of benzene rings is 2. The molecule has 1 N–H and O–H groups in total.